The summed E-state index contributed by atoms with van der Waals surface area (Å²) >= 11 is 1.97. The molecule has 0 bridgehead atoms. The van der Waals surface area contributed by atoms with Gasteiger partial charge >= 0.3 is 0 Å². The van der Waals surface area contributed by atoms with Crippen molar-refractivity contribution in [1.29, 1.82) is 0 Å². The van der Waals surface area contributed by atoms with E-state index >= 15 is 0 Å². The molecule has 0 aliphatic heterocycles. The first kappa shape index (κ1) is 16.4. The molecule has 21 heavy (non-hydrogen) atoms. The van der Waals surface area contributed by atoms with Crippen LogP contribution in [-0.2, 0) is 4.79 Å². The van der Waals surface area contributed by atoms with Gasteiger partial charge in [-0.05, 0) is 56.0 Å². The summed E-state index contributed by atoms with van der Waals surface area (Å²) in [4.78, 5) is 13.1. The van der Waals surface area contributed by atoms with Crippen molar-refractivity contribution in [2.24, 2.45) is 11.7 Å². The molecule has 116 valence electrons. The molecule has 3 nitrogen and oxygen atoms in total. The van der Waals surface area contributed by atoms with E-state index in [1.807, 2.05) is 23.9 Å². The summed E-state index contributed by atoms with van der Waals surface area (Å²) in [5.74, 6) is 0.479. The Morgan fingerprint density at radius 1 is 1.33 bits per heavy atom. The van der Waals surface area contributed by atoms with Gasteiger partial charge in [0.1, 0.15) is 0 Å². The average molecular weight is 306 g/mol. The third kappa shape index (κ3) is 5.71. The maximum atomic E-state index is 11.8. The van der Waals surface area contributed by atoms with E-state index in [-0.39, 0.29) is 5.91 Å². The van der Waals surface area contributed by atoms with Crippen molar-refractivity contribution >= 4 is 23.4 Å². The van der Waals surface area contributed by atoms with E-state index in [4.69, 9.17) is 5.73 Å². The maximum absolute atomic E-state index is 11.8. The van der Waals surface area contributed by atoms with Gasteiger partial charge in [-0.15, -0.1) is 11.8 Å². The van der Waals surface area contributed by atoms with Gasteiger partial charge < -0.3 is 11.1 Å². The van der Waals surface area contributed by atoms with Crippen LogP contribution in [0.5, 0.6) is 0 Å². The van der Waals surface area contributed by atoms with Gasteiger partial charge in [0.15, 0.2) is 0 Å². The van der Waals surface area contributed by atoms with E-state index in [0.717, 1.165) is 17.4 Å². The average Bonchev–Trinajstić information content (AvgIpc) is 3.00. The molecule has 1 atom stereocenters. The van der Waals surface area contributed by atoms with E-state index in [9.17, 15) is 4.79 Å². The lowest BCUT2D eigenvalue weighted by molar-refractivity contribution is -0.116. The highest BCUT2D eigenvalue weighted by atomic mass is 32.2. The second-order valence-electron chi connectivity index (χ2n) is 5.98. The normalized spacial score (nSPS) is 16.9. The molecule has 1 amide bonds. The van der Waals surface area contributed by atoms with Gasteiger partial charge in [-0.3, -0.25) is 4.79 Å². The molecule has 1 aromatic carbocycles. The number of nitrogens with one attached hydrogen (secondary N) is 1. The van der Waals surface area contributed by atoms with Gasteiger partial charge in [-0.1, -0.05) is 19.8 Å². The summed E-state index contributed by atoms with van der Waals surface area (Å²) in [5, 5.41) is 3.73. The van der Waals surface area contributed by atoms with Crippen LogP contribution in [0.1, 0.15) is 45.4 Å². The van der Waals surface area contributed by atoms with Crippen molar-refractivity contribution in [1.82, 2.24) is 0 Å². The lowest BCUT2D eigenvalue weighted by Gasteiger charge is -2.11. The Bertz CT molecular complexity index is 441. The van der Waals surface area contributed by atoms with Gasteiger partial charge in [-0.25, -0.2) is 0 Å². The smallest absolute Gasteiger partial charge is 0.224 e. The Morgan fingerprint density at radius 2 is 2.00 bits per heavy atom. The summed E-state index contributed by atoms with van der Waals surface area (Å²) in [6, 6.07) is 8.23. The molecule has 0 heterocycles. The highest BCUT2D eigenvalue weighted by Gasteiger charge is 2.15. The van der Waals surface area contributed by atoms with Crippen molar-refractivity contribution < 1.29 is 4.79 Å². The topological polar surface area (TPSA) is 55.1 Å². The van der Waals surface area contributed by atoms with Crippen LogP contribution in [0.15, 0.2) is 29.2 Å². The minimum Gasteiger partial charge on any atom is -0.330 e. The van der Waals surface area contributed by atoms with Crippen molar-refractivity contribution in [2.45, 2.75) is 55.6 Å². The number of nitrogens with two attached hydrogens (primary N) is 1. The predicted molar refractivity (Wildman–Crippen MR) is 90.6 cm³/mol. The summed E-state index contributed by atoms with van der Waals surface area (Å²) in [5.41, 5.74) is 6.45. The van der Waals surface area contributed by atoms with Crippen molar-refractivity contribution in [2.75, 3.05) is 11.9 Å². The fourth-order valence-electron chi connectivity index (χ4n) is 2.53. The second-order valence-corrected chi connectivity index (χ2v) is 7.35. The zero-order valence-corrected chi connectivity index (χ0v) is 13.6. The molecule has 0 aromatic heterocycles. The SMILES string of the molecule is CC(CN)CCC(=O)Nc1ccc(SC2CCCC2)cc1. The van der Waals surface area contributed by atoms with Crippen LogP contribution < -0.4 is 11.1 Å². The molecule has 1 aliphatic rings. The summed E-state index contributed by atoms with van der Waals surface area (Å²) in [7, 11) is 0. The molecule has 1 saturated carbocycles. The van der Waals surface area contributed by atoms with E-state index < -0.39 is 0 Å². The molecule has 1 fully saturated rings. The standard InChI is InChI=1S/C17H26N2OS/c1-13(12-18)6-11-17(20)19-14-7-9-16(10-8-14)21-15-4-2-3-5-15/h7-10,13,15H,2-6,11-12,18H2,1H3,(H,19,20). The van der Waals surface area contributed by atoms with Crippen molar-refractivity contribution in [3.05, 3.63) is 24.3 Å². The molecule has 2 rings (SSSR count). The first-order valence-electron chi connectivity index (χ1n) is 7.94. The lowest BCUT2D eigenvalue weighted by Crippen LogP contribution is -2.16. The zero-order valence-electron chi connectivity index (χ0n) is 12.8. The number of hydrogen-bond donors (Lipinski definition) is 2. The number of carbonyl (C=O) groups is 1. The van der Waals surface area contributed by atoms with Gasteiger partial charge in [0.2, 0.25) is 5.91 Å². The van der Waals surface area contributed by atoms with E-state index in [2.05, 4.69) is 24.4 Å². The van der Waals surface area contributed by atoms with Gasteiger partial charge in [0.05, 0.1) is 0 Å². The number of benzene rings is 1. The molecule has 3 N–H and O–H groups in total. The largest absolute Gasteiger partial charge is 0.330 e. The molecule has 1 unspecified atom stereocenters. The molecule has 1 aliphatic carbocycles. The molecule has 0 saturated heterocycles. The number of rotatable bonds is 7. The predicted octanol–water partition coefficient (Wildman–Crippen LogP) is 4.03. The second kappa shape index (κ2) is 8.44. The zero-order chi connectivity index (χ0) is 15.1. The fourth-order valence-corrected chi connectivity index (χ4v) is 3.78. The first-order chi connectivity index (χ1) is 10.2. The third-order valence-electron chi connectivity index (χ3n) is 4.01. The molecule has 4 heteroatoms. The van der Waals surface area contributed by atoms with Crippen LogP contribution in [0.2, 0.25) is 0 Å². The van der Waals surface area contributed by atoms with Crippen LogP contribution in [0.3, 0.4) is 0 Å². The first-order valence-corrected chi connectivity index (χ1v) is 8.82. The van der Waals surface area contributed by atoms with Crippen molar-refractivity contribution in [3.63, 3.8) is 0 Å². The Kier molecular flexibility index (Phi) is 6.58. The van der Waals surface area contributed by atoms with E-state index in [1.54, 1.807) is 0 Å². The summed E-state index contributed by atoms with van der Waals surface area (Å²) in [6.45, 7) is 2.71. The number of amides is 1. The van der Waals surface area contributed by atoms with Crippen molar-refractivity contribution in [3.8, 4) is 0 Å². The molecule has 1 aromatic rings. The highest BCUT2D eigenvalue weighted by Crippen LogP contribution is 2.34. The number of anilines is 1. The Hall–Kier alpha value is -1.00. The van der Waals surface area contributed by atoms with Gasteiger partial charge in [-0.2, -0.15) is 0 Å². The quantitative estimate of drug-likeness (QED) is 0.799. The number of hydrogen-bond acceptors (Lipinski definition) is 3. The fraction of sp³-hybridized carbons (Fsp3) is 0.588. The minimum atomic E-state index is 0.0755. The van der Waals surface area contributed by atoms with Crippen LogP contribution in [-0.4, -0.2) is 17.7 Å². The Morgan fingerprint density at radius 3 is 2.62 bits per heavy atom. The minimum absolute atomic E-state index is 0.0755. The van der Waals surface area contributed by atoms with Crippen LogP contribution >= 0.6 is 11.8 Å². The summed E-state index contributed by atoms with van der Waals surface area (Å²) in [6.07, 6.45) is 6.79. The third-order valence-corrected chi connectivity index (χ3v) is 5.36. The molecular weight excluding hydrogens is 280 g/mol. The summed E-state index contributed by atoms with van der Waals surface area (Å²) < 4.78 is 0. The Labute approximate surface area is 132 Å². The lowest BCUT2D eigenvalue weighted by atomic mass is 10.1. The number of carbonyl (C=O) groups excluding carboxylic acids is 1. The number of thioether (sulfide) groups is 1. The van der Waals surface area contributed by atoms with E-state index in [1.165, 1.54) is 30.6 Å². The maximum Gasteiger partial charge on any atom is 0.224 e. The molecular formula is C17H26N2OS. The Balaban J connectivity index is 1.77. The van der Waals surface area contributed by atoms with Crippen LogP contribution in [0.4, 0.5) is 5.69 Å². The van der Waals surface area contributed by atoms with E-state index in [0.29, 0.717) is 18.9 Å². The highest BCUT2D eigenvalue weighted by molar-refractivity contribution is 8.00. The monoisotopic (exact) mass is 306 g/mol. The van der Waals surface area contributed by atoms with Gasteiger partial charge in [0, 0.05) is 22.3 Å². The van der Waals surface area contributed by atoms with Gasteiger partial charge in [0.25, 0.3) is 0 Å². The molecule has 0 spiro atoms. The van der Waals surface area contributed by atoms with Crippen LogP contribution in [0, 0.1) is 5.92 Å². The van der Waals surface area contributed by atoms with Crippen LogP contribution in [0.25, 0.3) is 0 Å². The molecule has 0 radical (unpaired) electrons.